The monoisotopic (exact) mass is 151 g/mol. The minimum atomic E-state index is -0.409. The van der Waals surface area contributed by atoms with Crippen molar-refractivity contribution < 1.29 is 0 Å². The van der Waals surface area contributed by atoms with E-state index in [-0.39, 0.29) is 0 Å². The summed E-state index contributed by atoms with van der Waals surface area (Å²) in [4.78, 5) is 21.0. The molecule has 3 heteroatoms. The first-order valence-electron chi connectivity index (χ1n) is 3.41. The zero-order chi connectivity index (χ0) is 8.27. The normalized spacial score (nSPS) is 11.0. The summed E-state index contributed by atoms with van der Waals surface area (Å²) in [7, 11) is 0. The molecule has 1 rings (SSSR count). The molecule has 0 saturated carbocycles. The average molecular weight is 151 g/mol. The van der Waals surface area contributed by atoms with E-state index < -0.39 is 10.9 Å². The predicted octanol–water partition coefficient (Wildman–Crippen LogP) is 0.271. The molecule has 0 saturated heterocycles. The molecule has 0 aliphatic rings. The number of hydrogen-bond donors (Lipinski definition) is 1. The number of rotatable bonds is 3. The van der Waals surface area contributed by atoms with Gasteiger partial charge in [-0.25, -0.2) is 0 Å². The van der Waals surface area contributed by atoms with E-state index in [2.05, 4.69) is 5.32 Å². The molecule has 0 amide bonds. The van der Waals surface area contributed by atoms with Gasteiger partial charge >= 0.3 is 0 Å². The Hall–Kier alpha value is -1.38. The molecule has 1 N–H and O–H groups in total. The molecular formula is C8H9NO2. The third-order valence-electron chi connectivity index (χ3n) is 1.39. The van der Waals surface area contributed by atoms with Gasteiger partial charge in [-0.1, -0.05) is 12.2 Å². The first-order valence-corrected chi connectivity index (χ1v) is 3.41. The fourth-order valence-corrected chi connectivity index (χ4v) is 0.735. The zero-order valence-corrected chi connectivity index (χ0v) is 6.26. The van der Waals surface area contributed by atoms with Gasteiger partial charge in [0.15, 0.2) is 0 Å². The maximum absolute atomic E-state index is 10.7. The van der Waals surface area contributed by atoms with Crippen LogP contribution in [0, 0.1) is 0 Å². The molecular weight excluding hydrogens is 142 g/mol. The van der Waals surface area contributed by atoms with Crippen LogP contribution in [0.5, 0.6) is 0 Å². The van der Waals surface area contributed by atoms with E-state index in [0.717, 1.165) is 0 Å². The van der Waals surface area contributed by atoms with E-state index in [1.807, 2.05) is 19.1 Å². The second-order valence-corrected chi connectivity index (χ2v) is 2.20. The highest BCUT2D eigenvalue weighted by Gasteiger charge is 2.06. The third kappa shape index (κ3) is 1.55. The molecule has 0 aliphatic heterocycles. The summed E-state index contributed by atoms with van der Waals surface area (Å²) in [6, 6.07) is 1.31. The molecule has 1 aromatic rings. The smallest absolute Gasteiger partial charge is 0.248 e. The molecule has 58 valence electrons. The highest BCUT2D eigenvalue weighted by molar-refractivity contribution is 5.47. The van der Waals surface area contributed by atoms with Gasteiger partial charge in [0.05, 0.1) is 5.69 Å². The highest BCUT2D eigenvalue weighted by Crippen LogP contribution is 1.93. The molecule has 0 atom stereocenters. The van der Waals surface area contributed by atoms with E-state index in [1.165, 1.54) is 6.07 Å². The lowest BCUT2D eigenvalue weighted by molar-refractivity contribution is 1.27. The summed E-state index contributed by atoms with van der Waals surface area (Å²) in [6.07, 6.45) is 3.75. The lowest BCUT2D eigenvalue weighted by atomic mass is 10.2. The summed E-state index contributed by atoms with van der Waals surface area (Å²) >= 11 is 0. The fourth-order valence-electron chi connectivity index (χ4n) is 0.735. The first kappa shape index (κ1) is 7.72. The Morgan fingerprint density at radius 1 is 1.55 bits per heavy atom. The number of allylic oxidation sites excluding steroid dienone is 1. The van der Waals surface area contributed by atoms with E-state index >= 15 is 0 Å². The van der Waals surface area contributed by atoms with Gasteiger partial charge < -0.3 is 5.32 Å². The van der Waals surface area contributed by atoms with Gasteiger partial charge in [-0.2, -0.15) is 0 Å². The Labute approximate surface area is 64.1 Å². The minimum Gasteiger partial charge on any atom is -0.378 e. The lowest BCUT2D eigenvalue weighted by Gasteiger charge is -2.01. The van der Waals surface area contributed by atoms with Gasteiger partial charge in [-0.3, -0.25) is 9.59 Å². The standard InChI is InChI=1S/C8H9NO2/c1-2-3-4-9-6-5-7(10)8(6)11/h2-3,5,9H,4H2,1H3. The molecule has 0 heterocycles. The Balaban J connectivity index is 2.49. The molecule has 0 aliphatic carbocycles. The van der Waals surface area contributed by atoms with Gasteiger partial charge in [-0.15, -0.1) is 0 Å². The molecule has 0 bridgehead atoms. The van der Waals surface area contributed by atoms with Crippen molar-refractivity contribution in [2.24, 2.45) is 0 Å². The van der Waals surface area contributed by atoms with Crippen molar-refractivity contribution in [3.63, 3.8) is 0 Å². The summed E-state index contributed by atoms with van der Waals surface area (Å²) in [5.41, 5.74) is -0.393. The summed E-state index contributed by atoms with van der Waals surface area (Å²) in [5.74, 6) is 0. The molecule has 0 aromatic heterocycles. The molecule has 0 spiro atoms. The first-order chi connectivity index (χ1) is 5.25. The predicted molar refractivity (Wildman–Crippen MR) is 44.7 cm³/mol. The molecule has 11 heavy (non-hydrogen) atoms. The van der Waals surface area contributed by atoms with E-state index in [9.17, 15) is 9.59 Å². The van der Waals surface area contributed by atoms with Crippen molar-refractivity contribution in [2.45, 2.75) is 6.92 Å². The number of nitrogens with one attached hydrogen (secondary N) is 1. The van der Waals surface area contributed by atoms with Crippen molar-refractivity contribution in [3.8, 4) is 0 Å². The van der Waals surface area contributed by atoms with Crippen molar-refractivity contribution >= 4 is 5.69 Å². The highest BCUT2D eigenvalue weighted by atomic mass is 16.2. The van der Waals surface area contributed by atoms with E-state index in [4.69, 9.17) is 0 Å². The van der Waals surface area contributed by atoms with Gasteiger partial charge in [-0.05, 0) is 6.92 Å². The van der Waals surface area contributed by atoms with Crippen LogP contribution < -0.4 is 16.2 Å². The lowest BCUT2D eigenvalue weighted by Crippen LogP contribution is -2.32. The number of hydrogen-bond acceptors (Lipinski definition) is 3. The Kier molecular flexibility index (Phi) is 2.21. The molecule has 0 unspecified atom stereocenters. The van der Waals surface area contributed by atoms with Crippen LogP contribution in [0.15, 0.2) is 27.8 Å². The fraction of sp³-hybridized carbons (Fsp3) is 0.250. The SMILES string of the molecule is CC=CCNc1cc(=O)c1=O. The van der Waals surface area contributed by atoms with Crippen LogP contribution in [-0.2, 0) is 0 Å². The van der Waals surface area contributed by atoms with Crippen molar-refractivity contribution in [3.05, 3.63) is 38.7 Å². The quantitative estimate of drug-likeness (QED) is 0.498. The maximum Gasteiger partial charge on any atom is 0.248 e. The van der Waals surface area contributed by atoms with Crippen LogP contribution in [0.2, 0.25) is 0 Å². The van der Waals surface area contributed by atoms with E-state index in [1.54, 1.807) is 0 Å². The largest absolute Gasteiger partial charge is 0.378 e. The summed E-state index contributed by atoms with van der Waals surface area (Å²) < 4.78 is 0. The van der Waals surface area contributed by atoms with Crippen LogP contribution in [0.1, 0.15) is 6.92 Å². The van der Waals surface area contributed by atoms with Crippen LogP contribution in [0.25, 0.3) is 0 Å². The Bertz CT molecular complexity index is 331. The summed E-state index contributed by atoms with van der Waals surface area (Å²) in [6.45, 7) is 2.49. The molecule has 1 aromatic carbocycles. The van der Waals surface area contributed by atoms with Gasteiger partial charge in [0.1, 0.15) is 0 Å². The number of anilines is 1. The van der Waals surface area contributed by atoms with Crippen LogP contribution in [-0.4, -0.2) is 6.54 Å². The van der Waals surface area contributed by atoms with E-state index in [0.29, 0.717) is 12.2 Å². The zero-order valence-electron chi connectivity index (χ0n) is 6.26. The van der Waals surface area contributed by atoms with Gasteiger partial charge in [0.25, 0.3) is 0 Å². The minimum absolute atomic E-state index is 0.408. The second-order valence-electron chi connectivity index (χ2n) is 2.20. The van der Waals surface area contributed by atoms with Crippen molar-refractivity contribution in [1.82, 2.24) is 0 Å². The van der Waals surface area contributed by atoms with Gasteiger partial charge in [0.2, 0.25) is 10.9 Å². The topological polar surface area (TPSA) is 46.2 Å². The van der Waals surface area contributed by atoms with Crippen molar-refractivity contribution in [2.75, 3.05) is 11.9 Å². The average Bonchev–Trinajstić information content (AvgIpc) is 2.03. The molecule has 0 fully saturated rings. The van der Waals surface area contributed by atoms with Gasteiger partial charge in [0, 0.05) is 12.6 Å². The summed E-state index contributed by atoms with van der Waals surface area (Å²) in [5, 5.41) is 2.80. The van der Waals surface area contributed by atoms with Crippen LogP contribution in [0.3, 0.4) is 0 Å². The maximum atomic E-state index is 10.7. The third-order valence-corrected chi connectivity index (χ3v) is 1.39. The molecule has 0 radical (unpaired) electrons. The molecule has 3 nitrogen and oxygen atoms in total. The Morgan fingerprint density at radius 2 is 2.27 bits per heavy atom. The van der Waals surface area contributed by atoms with Crippen LogP contribution in [0.4, 0.5) is 5.69 Å². The Morgan fingerprint density at radius 3 is 2.73 bits per heavy atom. The second kappa shape index (κ2) is 3.14. The van der Waals surface area contributed by atoms with Crippen molar-refractivity contribution in [1.29, 1.82) is 0 Å². The van der Waals surface area contributed by atoms with Crippen LogP contribution >= 0.6 is 0 Å².